The molecular formula is C40H24O4. The molecule has 0 saturated carbocycles. The van der Waals surface area contributed by atoms with Gasteiger partial charge >= 0.3 is 0 Å². The van der Waals surface area contributed by atoms with E-state index in [1.54, 1.807) is 0 Å². The smallest absolute Gasteiger partial charge is 0.211 e. The summed E-state index contributed by atoms with van der Waals surface area (Å²) >= 11 is 0. The van der Waals surface area contributed by atoms with Crippen LogP contribution in [-0.4, -0.2) is 23.1 Å². The molecule has 208 valence electrons. The van der Waals surface area contributed by atoms with E-state index in [1.165, 1.54) is 0 Å². The lowest BCUT2D eigenvalue weighted by Gasteiger charge is -2.38. The first-order valence-electron chi connectivity index (χ1n) is 14.9. The minimum absolute atomic E-state index is 0.252. The van der Waals surface area contributed by atoms with Crippen LogP contribution in [0.15, 0.2) is 121 Å². The van der Waals surface area contributed by atoms with Crippen molar-refractivity contribution in [1.82, 2.24) is 0 Å². The van der Waals surface area contributed by atoms with E-state index in [9.17, 15) is 19.2 Å². The third-order valence-corrected chi connectivity index (χ3v) is 9.92. The highest BCUT2D eigenvalue weighted by atomic mass is 16.2. The first kappa shape index (κ1) is 25.1. The van der Waals surface area contributed by atoms with Crippen LogP contribution in [0.5, 0.6) is 0 Å². The molecule has 0 saturated heterocycles. The first-order chi connectivity index (χ1) is 21.5. The number of hydrogen-bond donors (Lipinski definition) is 0. The second-order valence-electron chi connectivity index (χ2n) is 12.1. The van der Waals surface area contributed by atoms with Crippen LogP contribution in [0, 0.1) is 0 Å². The third kappa shape index (κ3) is 3.28. The molecule has 6 aromatic rings. The van der Waals surface area contributed by atoms with Crippen molar-refractivity contribution in [2.45, 2.75) is 23.7 Å². The Hall–Kier alpha value is -5.48. The number of benzene rings is 6. The average Bonchev–Trinajstić information content (AvgIpc) is 3.06. The predicted octanol–water partition coefficient (Wildman–Crippen LogP) is 7.14. The SMILES string of the molecule is O=C1C(=O)C2c3cc4ccccc4cc3C1c1cc3ccccc3cc12.O=C1C(=O)C2c3ccccc3C1c1ccccc12. The number of fused-ring (bicyclic) bond motifs is 4. The molecule has 4 bridgehead atoms. The van der Waals surface area contributed by atoms with Gasteiger partial charge in [0.25, 0.3) is 0 Å². The van der Waals surface area contributed by atoms with Crippen molar-refractivity contribution in [1.29, 1.82) is 0 Å². The van der Waals surface area contributed by atoms with Gasteiger partial charge in [-0.05, 0) is 90.3 Å². The number of ketones is 4. The van der Waals surface area contributed by atoms with Crippen LogP contribution in [0.3, 0.4) is 0 Å². The van der Waals surface area contributed by atoms with E-state index >= 15 is 0 Å². The molecule has 0 N–H and O–H groups in total. The van der Waals surface area contributed by atoms with Crippen LogP contribution in [0.2, 0.25) is 0 Å². The predicted molar refractivity (Wildman–Crippen MR) is 168 cm³/mol. The second kappa shape index (κ2) is 9.01. The quantitative estimate of drug-likeness (QED) is 0.183. The van der Waals surface area contributed by atoms with Gasteiger partial charge in [-0.1, -0.05) is 97.1 Å². The fraction of sp³-hybridized carbons (Fsp3) is 0.100. The van der Waals surface area contributed by atoms with Crippen molar-refractivity contribution >= 4 is 44.7 Å². The summed E-state index contributed by atoms with van der Waals surface area (Å²) in [5.41, 5.74) is 8.03. The second-order valence-corrected chi connectivity index (χ2v) is 12.1. The van der Waals surface area contributed by atoms with Crippen molar-refractivity contribution in [2.24, 2.45) is 0 Å². The summed E-state index contributed by atoms with van der Waals surface area (Å²) in [6, 6.07) is 40.3. The van der Waals surface area contributed by atoms with Gasteiger partial charge in [0.1, 0.15) is 0 Å². The van der Waals surface area contributed by atoms with Crippen LogP contribution < -0.4 is 0 Å². The fourth-order valence-electron chi connectivity index (χ4n) is 7.99. The van der Waals surface area contributed by atoms with Gasteiger partial charge in [-0.3, -0.25) is 19.2 Å². The Morgan fingerprint density at radius 2 is 0.477 bits per heavy atom. The maximum Gasteiger partial charge on any atom is 0.211 e. The molecule has 0 spiro atoms. The van der Waals surface area contributed by atoms with Crippen LogP contribution in [0.1, 0.15) is 68.2 Å². The van der Waals surface area contributed by atoms with Crippen molar-refractivity contribution in [3.8, 4) is 0 Å². The molecule has 0 aromatic heterocycles. The number of Topliss-reactive ketones (excluding diaryl/α,β-unsaturated/α-hetero) is 4. The molecule has 0 atom stereocenters. The van der Waals surface area contributed by atoms with E-state index in [1.807, 2.05) is 72.8 Å². The van der Waals surface area contributed by atoms with Crippen LogP contribution in [0.4, 0.5) is 0 Å². The third-order valence-electron chi connectivity index (χ3n) is 9.92. The van der Waals surface area contributed by atoms with Gasteiger partial charge in [0.15, 0.2) is 0 Å². The fourth-order valence-corrected chi connectivity index (χ4v) is 7.99. The molecule has 12 rings (SSSR count). The molecule has 0 aliphatic heterocycles. The minimum atomic E-state index is -0.466. The highest BCUT2D eigenvalue weighted by molar-refractivity contribution is 6.45. The molecule has 6 aliphatic rings. The monoisotopic (exact) mass is 568 g/mol. The summed E-state index contributed by atoms with van der Waals surface area (Å²) in [6.45, 7) is 0. The van der Waals surface area contributed by atoms with Crippen LogP contribution in [0.25, 0.3) is 21.5 Å². The first-order valence-corrected chi connectivity index (χ1v) is 14.9. The van der Waals surface area contributed by atoms with E-state index in [4.69, 9.17) is 0 Å². The standard InChI is InChI=1S/C24H14O2.C16H10O2/c25-23-21-17-9-13-5-1-2-6-14(13)10-18(17)22(24(23)26)20-12-16-8-4-3-7-15(16)11-19(20)21;17-15-13-9-5-1-2-6-10(9)14(16(15)18)12-8-4-3-7-11(12)13/h1-12,21-22H;1-8,13-14H. The molecule has 4 heteroatoms. The average molecular weight is 569 g/mol. The van der Waals surface area contributed by atoms with Crippen LogP contribution >= 0.6 is 0 Å². The van der Waals surface area contributed by atoms with Gasteiger partial charge in [-0.2, -0.15) is 0 Å². The summed E-state index contributed by atoms with van der Waals surface area (Å²) in [6.07, 6.45) is 0. The molecule has 4 nitrogen and oxygen atoms in total. The van der Waals surface area contributed by atoms with Crippen molar-refractivity contribution < 1.29 is 19.2 Å². The molecule has 44 heavy (non-hydrogen) atoms. The Kier molecular flexibility index (Phi) is 5.13. The Morgan fingerprint density at radius 1 is 0.273 bits per heavy atom. The van der Waals surface area contributed by atoms with Gasteiger partial charge in [-0.25, -0.2) is 0 Å². The number of carbonyl (C=O) groups excluding carboxylic acids is 4. The molecule has 0 fully saturated rings. The van der Waals surface area contributed by atoms with Crippen molar-refractivity contribution in [3.63, 3.8) is 0 Å². The Bertz CT molecular complexity index is 2000. The van der Waals surface area contributed by atoms with E-state index in [0.29, 0.717) is 0 Å². The molecule has 0 radical (unpaired) electrons. The number of hydrogen-bond acceptors (Lipinski definition) is 4. The molecular weight excluding hydrogens is 544 g/mol. The Morgan fingerprint density at radius 3 is 0.727 bits per heavy atom. The normalized spacial score (nSPS) is 21.8. The Labute approximate surface area is 253 Å². The zero-order valence-corrected chi connectivity index (χ0v) is 23.5. The molecule has 0 heterocycles. The van der Waals surface area contributed by atoms with Gasteiger partial charge in [0.2, 0.25) is 23.1 Å². The van der Waals surface area contributed by atoms with E-state index in [0.717, 1.165) is 66.1 Å². The van der Waals surface area contributed by atoms with Gasteiger partial charge in [0, 0.05) is 0 Å². The lowest BCUT2D eigenvalue weighted by atomic mass is 9.62. The lowest BCUT2D eigenvalue weighted by molar-refractivity contribution is -0.138. The summed E-state index contributed by atoms with van der Waals surface area (Å²) in [7, 11) is 0. The highest BCUT2D eigenvalue weighted by Gasteiger charge is 2.49. The summed E-state index contributed by atoms with van der Waals surface area (Å²) in [4.78, 5) is 50.0. The number of rotatable bonds is 0. The summed E-state index contributed by atoms with van der Waals surface area (Å²) in [5, 5.41) is 4.45. The largest absolute Gasteiger partial charge is 0.290 e. The molecule has 6 aliphatic carbocycles. The summed E-state index contributed by atoms with van der Waals surface area (Å²) in [5.74, 6) is -2.72. The van der Waals surface area contributed by atoms with E-state index in [-0.39, 0.29) is 35.0 Å². The highest BCUT2D eigenvalue weighted by Crippen LogP contribution is 2.52. The van der Waals surface area contributed by atoms with Crippen LogP contribution in [-0.2, 0) is 19.2 Å². The molecule has 6 aromatic carbocycles. The number of carbonyl (C=O) groups is 4. The topological polar surface area (TPSA) is 68.3 Å². The zero-order valence-electron chi connectivity index (χ0n) is 23.5. The Balaban J connectivity index is 0.000000132. The minimum Gasteiger partial charge on any atom is -0.290 e. The molecule has 0 unspecified atom stereocenters. The van der Waals surface area contributed by atoms with E-state index in [2.05, 4.69) is 48.5 Å². The lowest BCUT2D eigenvalue weighted by Crippen LogP contribution is -2.40. The van der Waals surface area contributed by atoms with E-state index < -0.39 is 11.8 Å². The van der Waals surface area contributed by atoms with Crippen molar-refractivity contribution in [3.05, 3.63) is 166 Å². The maximum absolute atomic E-state index is 12.8. The van der Waals surface area contributed by atoms with Gasteiger partial charge < -0.3 is 0 Å². The van der Waals surface area contributed by atoms with Crippen molar-refractivity contribution in [2.75, 3.05) is 0 Å². The zero-order chi connectivity index (χ0) is 29.7. The maximum atomic E-state index is 12.8. The molecule has 0 amide bonds. The summed E-state index contributed by atoms with van der Waals surface area (Å²) < 4.78 is 0. The van der Waals surface area contributed by atoms with Gasteiger partial charge in [0.05, 0.1) is 23.7 Å². The van der Waals surface area contributed by atoms with Gasteiger partial charge in [-0.15, -0.1) is 0 Å².